The Morgan fingerprint density at radius 1 is 0.529 bits per heavy atom. The largest absolute Gasteiger partial charge is 2.00 e. The van der Waals surface area contributed by atoms with Gasteiger partial charge in [0.2, 0.25) is 0 Å². The average molecular weight is 1010 g/mol. The number of ether oxygens (including phenoxy) is 3. The molecule has 0 saturated heterocycles. The maximum Gasteiger partial charge on any atom is 2.00 e. The Balaban J connectivity index is -0.00000562. The van der Waals surface area contributed by atoms with E-state index in [0.717, 1.165) is 81.9 Å². The van der Waals surface area contributed by atoms with Crippen molar-refractivity contribution < 1.29 is 74.5 Å². The van der Waals surface area contributed by atoms with Crippen LogP contribution >= 0.6 is 0 Å². The van der Waals surface area contributed by atoms with Crippen molar-refractivity contribution in [3.8, 4) is 0 Å². The van der Waals surface area contributed by atoms with Crippen molar-refractivity contribution in [2.45, 2.75) is 238 Å². The van der Waals surface area contributed by atoms with E-state index in [-0.39, 0.29) is 55.2 Å². The zero-order valence-electron chi connectivity index (χ0n) is 42.2. The van der Waals surface area contributed by atoms with Gasteiger partial charge in [0.15, 0.2) is 6.10 Å². The van der Waals surface area contributed by atoms with Crippen molar-refractivity contribution in [3.63, 3.8) is 0 Å². The topological polar surface area (TPSA) is 217 Å². The van der Waals surface area contributed by atoms with Crippen LogP contribution in [0.25, 0.3) is 0 Å². The number of allylic oxidation sites excluding steroid dienone is 4. The molecule has 0 radical (unpaired) electrons. The fraction of sp³-hybridized carbons (Fsp3) is 0.792. The van der Waals surface area contributed by atoms with Crippen molar-refractivity contribution in [3.05, 3.63) is 24.3 Å². The summed E-state index contributed by atoms with van der Waals surface area (Å²) in [5.74, 6) is -4.36. The number of aliphatic carboxylic acids is 2. The van der Waals surface area contributed by atoms with Gasteiger partial charge in [0, 0.05) is 12.8 Å². The summed E-state index contributed by atoms with van der Waals surface area (Å²) in [6.45, 7) is 2.82. The molecule has 0 aromatic rings. The zero-order chi connectivity index (χ0) is 49.9. The third-order valence-electron chi connectivity index (χ3n) is 11.1. The molecule has 0 aromatic carbocycles. The second-order valence-electron chi connectivity index (χ2n) is 17.4. The number of esters is 3. The van der Waals surface area contributed by atoms with Gasteiger partial charge in [-0.15, -0.1) is 0 Å². The minimum atomic E-state index is -1.29. The summed E-state index contributed by atoms with van der Waals surface area (Å²) in [7, 11) is 0. The first-order valence-corrected chi connectivity index (χ1v) is 25.9. The molecule has 1 unspecified atom stereocenters. The molecule has 0 saturated carbocycles. The van der Waals surface area contributed by atoms with Gasteiger partial charge < -0.3 is 39.7 Å². The van der Waals surface area contributed by atoms with Crippen LogP contribution in [0.5, 0.6) is 0 Å². The zero-order valence-corrected chi connectivity index (χ0v) is 43.1. The Labute approximate surface area is 421 Å². The van der Waals surface area contributed by atoms with Gasteiger partial charge in [-0.25, -0.2) is 0 Å². The number of hydrogen-bond donors (Lipinski definition) is 3. The molecule has 0 amide bonds. The van der Waals surface area contributed by atoms with Crippen LogP contribution in [-0.2, 0) is 64.3 Å². The normalized spacial score (nSPS) is 11.9. The predicted molar refractivity (Wildman–Crippen MR) is 265 cm³/mol. The quantitative estimate of drug-likeness (QED) is 0.0129. The van der Waals surface area contributed by atoms with E-state index >= 15 is 0 Å². The van der Waals surface area contributed by atoms with E-state index in [4.69, 9.17) is 19.9 Å². The molecule has 0 bridgehead atoms. The van der Waals surface area contributed by atoms with Crippen molar-refractivity contribution in [1.82, 2.24) is 4.90 Å². The van der Waals surface area contributed by atoms with Gasteiger partial charge in [-0.05, 0) is 83.6 Å². The molecule has 15 heteroatoms. The van der Waals surface area contributed by atoms with Crippen LogP contribution < -0.4 is 5.73 Å². The first kappa shape index (κ1) is 68.8. The van der Waals surface area contributed by atoms with E-state index < -0.39 is 61.7 Å². The Kier molecular flexibility index (Phi) is 55.2. The van der Waals surface area contributed by atoms with Gasteiger partial charge in [0.05, 0.1) is 13.1 Å². The molecule has 4 N–H and O–H groups in total. The summed E-state index contributed by atoms with van der Waals surface area (Å²) >= 11 is 0. The van der Waals surface area contributed by atoms with Crippen molar-refractivity contribution in [1.29, 1.82) is 0 Å². The number of carbonyl (C=O) groups excluding carboxylic acids is 5. The molecule has 0 aliphatic carbocycles. The smallest absolute Gasteiger partial charge is 0.542 e. The molecule has 396 valence electrons. The number of rotatable bonds is 48. The Bertz CT molecular complexity index is 1290. The van der Waals surface area contributed by atoms with Crippen molar-refractivity contribution in [2.75, 3.05) is 32.8 Å². The molecular weight excluding hydrogens is 915 g/mol. The van der Waals surface area contributed by atoms with Gasteiger partial charge in [-0.2, -0.15) is 12.8 Å². The maximum absolute atomic E-state index is 12.9. The molecule has 0 aliphatic rings. The molecule has 0 aromatic heterocycles. The van der Waals surface area contributed by atoms with E-state index in [1.165, 1.54) is 77.0 Å². The van der Waals surface area contributed by atoms with Gasteiger partial charge in [-0.1, -0.05) is 147 Å². The summed E-state index contributed by atoms with van der Waals surface area (Å²) in [5.41, 5.74) is 5.53. The number of carboxylic acids is 2. The number of carbonyl (C=O) groups is 5. The number of hydrogen-bond acceptors (Lipinski definition) is 12. The fourth-order valence-corrected chi connectivity index (χ4v) is 7.19. The SMILES string of the molecule is CCCCCCCC/C=C\CCCCCCCC(=O)OC[C@H](COC(=O)CN(CC(=O)O)C(CCCCN)C(=O)O)OC(=O)CCCCCCC/C=C\CCCCCCCC.O=[C-]CC[C-]=O.[Ni+2]. The Morgan fingerprint density at radius 3 is 1.32 bits per heavy atom. The standard InChI is InChI=1S/C49H88N2O10.C4H4O2.Ni/c1-3-5-7-9-11-13-15-17-19-21-23-25-27-29-31-36-46(54)59-41-43(42-60-48(56)40-51(39-45(52)53)44(49(57)58)35-33-34-38-50)61-47(55)37-32-30-28-26-24-22-20-18-16-14-12-10-8-6-4-2;5-3-1-2-4-6;/h17-20,43-44H,3-16,21-42,50H2,1-2H3,(H,52,53)(H,57,58);1-2H2;/q;-2;+2/b19-17-,20-18-;;/t43-,44?;;/m1../s1. The Morgan fingerprint density at radius 2 is 0.926 bits per heavy atom. The second kappa shape index (κ2) is 54.5. The summed E-state index contributed by atoms with van der Waals surface area (Å²) in [5, 5.41) is 19.2. The van der Waals surface area contributed by atoms with Crippen LogP contribution in [0.2, 0.25) is 0 Å². The van der Waals surface area contributed by atoms with Crippen molar-refractivity contribution in [2.24, 2.45) is 5.73 Å². The Hall–Kier alpha value is -3.42. The van der Waals surface area contributed by atoms with E-state index in [1.54, 1.807) is 12.6 Å². The molecule has 2 atom stereocenters. The maximum atomic E-state index is 12.9. The van der Waals surface area contributed by atoms with Crippen LogP contribution in [0, 0.1) is 0 Å². The molecule has 14 nitrogen and oxygen atoms in total. The molecule has 0 heterocycles. The predicted octanol–water partition coefficient (Wildman–Crippen LogP) is 11.0. The van der Waals surface area contributed by atoms with E-state index in [9.17, 15) is 43.8 Å². The molecular formula is C53H92N2NiO12. The number of nitrogens with zero attached hydrogens (tertiary/aromatic N) is 1. The number of carboxylic acid groups (broad SMARTS) is 2. The summed E-state index contributed by atoms with van der Waals surface area (Å²) in [6, 6.07) is -1.23. The molecule has 0 spiro atoms. The average Bonchev–Trinajstić information content (AvgIpc) is 3.30. The van der Waals surface area contributed by atoms with E-state index in [1.807, 2.05) is 0 Å². The van der Waals surface area contributed by atoms with Gasteiger partial charge in [0.1, 0.15) is 19.3 Å². The van der Waals surface area contributed by atoms with Crippen LogP contribution in [0.3, 0.4) is 0 Å². The first-order chi connectivity index (χ1) is 32.6. The van der Waals surface area contributed by atoms with Gasteiger partial charge >= 0.3 is 46.3 Å². The molecule has 0 rings (SSSR count). The molecule has 0 aliphatic heterocycles. The third kappa shape index (κ3) is 50.5. The number of unbranched alkanes of at least 4 members (excludes halogenated alkanes) is 24. The number of nitrogens with two attached hydrogens (primary N) is 1. The van der Waals surface area contributed by atoms with Gasteiger partial charge in [-0.3, -0.25) is 41.4 Å². The van der Waals surface area contributed by atoms with Crippen LogP contribution in [0.1, 0.15) is 226 Å². The fourth-order valence-electron chi connectivity index (χ4n) is 7.19. The van der Waals surface area contributed by atoms with Crippen LogP contribution in [-0.4, -0.2) is 103 Å². The van der Waals surface area contributed by atoms with Crippen LogP contribution in [0.4, 0.5) is 0 Å². The molecule has 68 heavy (non-hydrogen) atoms. The summed E-state index contributed by atoms with van der Waals surface area (Å²) in [6.07, 6.45) is 42.7. The van der Waals surface area contributed by atoms with Gasteiger partial charge in [0.25, 0.3) is 0 Å². The third-order valence-corrected chi connectivity index (χ3v) is 11.1. The van der Waals surface area contributed by atoms with Crippen molar-refractivity contribution >= 4 is 42.4 Å². The minimum absolute atomic E-state index is 0. The van der Waals surface area contributed by atoms with E-state index in [0.29, 0.717) is 32.2 Å². The molecule has 0 fully saturated rings. The van der Waals surface area contributed by atoms with Crippen LogP contribution in [0.15, 0.2) is 24.3 Å². The minimum Gasteiger partial charge on any atom is -0.542 e. The first-order valence-electron chi connectivity index (χ1n) is 25.9. The van der Waals surface area contributed by atoms with E-state index in [2.05, 4.69) is 38.2 Å². The monoisotopic (exact) mass is 1010 g/mol. The summed E-state index contributed by atoms with van der Waals surface area (Å²) in [4.78, 5) is 81.4. The second-order valence-corrected chi connectivity index (χ2v) is 17.4. The summed E-state index contributed by atoms with van der Waals surface area (Å²) < 4.78 is 16.4.